The summed E-state index contributed by atoms with van der Waals surface area (Å²) in [6, 6.07) is 3.69. The Hall–Kier alpha value is -0.730. The van der Waals surface area contributed by atoms with Gasteiger partial charge in [0.1, 0.15) is 11.9 Å². The van der Waals surface area contributed by atoms with Gasteiger partial charge in [-0.2, -0.15) is 0 Å². The molecule has 0 spiro atoms. The van der Waals surface area contributed by atoms with Gasteiger partial charge in [0.2, 0.25) is 0 Å². The molecule has 0 amide bonds. The molecule has 0 saturated carbocycles. The number of aliphatic hydroxyl groups excluding tert-OH is 1. The first kappa shape index (κ1) is 10.8. The van der Waals surface area contributed by atoms with Crippen LogP contribution in [0.4, 0.5) is 0 Å². The third-order valence-corrected chi connectivity index (χ3v) is 3.52. The summed E-state index contributed by atoms with van der Waals surface area (Å²) in [6.45, 7) is 6.25. The zero-order valence-electron chi connectivity index (χ0n) is 9.17. The van der Waals surface area contributed by atoms with E-state index in [-0.39, 0.29) is 18.1 Å². The SMILES string of the molecule is CC1Oc2c(CO)cc(Cl)cc2C1(C)C. The molecule has 1 atom stereocenters. The van der Waals surface area contributed by atoms with Crippen molar-refractivity contribution < 1.29 is 9.84 Å². The molecular formula is C12H15ClO2. The largest absolute Gasteiger partial charge is 0.489 e. The van der Waals surface area contributed by atoms with Crippen LogP contribution in [-0.4, -0.2) is 11.2 Å². The van der Waals surface area contributed by atoms with Crippen molar-refractivity contribution in [2.45, 2.75) is 38.9 Å². The number of rotatable bonds is 1. The molecule has 0 bridgehead atoms. The molecule has 1 N–H and O–H groups in total. The maximum atomic E-state index is 9.24. The molecule has 3 heteroatoms. The molecule has 2 nitrogen and oxygen atoms in total. The van der Waals surface area contributed by atoms with Crippen LogP contribution in [0.2, 0.25) is 5.02 Å². The van der Waals surface area contributed by atoms with E-state index in [1.807, 2.05) is 13.0 Å². The molecule has 1 unspecified atom stereocenters. The van der Waals surface area contributed by atoms with Crippen LogP contribution in [-0.2, 0) is 12.0 Å². The Kier molecular flexibility index (Phi) is 2.44. The summed E-state index contributed by atoms with van der Waals surface area (Å²) in [5.41, 5.74) is 1.81. The number of halogens is 1. The van der Waals surface area contributed by atoms with Gasteiger partial charge in [-0.1, -0.05) is 25.4 Å². The van der Waals surface area contributed by atoms with E-state index in [0.717, 1.165) is 16.9 Å². The zero-order chi connectivity index (χ0) is 11.2. The Morgan fingerprint density at radius 2 is 2.13 bits per heavy atom. The second kappa shape index (κ2) is 3.39. The van der Waals surface area contributed by atoms with Crippen LogP contribution in [0.25, 0.3) is 0 Å². The van der Waals surface area contributed by atoms with E-state index in [2.05, 4.69) is 13.8 Å². The van der Waals surface area contributed by atoms with Crippen molar-refractivity contribution >= 4 is 11.6 Å². The normalized spacial score (nSPS) is 22.3. The first-order chi connectivity index (χ1) is 6.96. The van der Waals surface area contributed by atoms with Gasteiger partial charge in [0.05, 0.1) is 6.61 Å². The van der Waals surface area contributed by atoms with Crippen molar-refractivity contribution in [2.24, 2.45) is 0 Å². The summed E-state index contributed by atoms with van der Waals surface area (Å²) < 4.78 is 5.78. The van der Waals surface area contributed by atoms with Crippen molar-refractivity contribution in [1.82, 2.24) is 0 Å². The number of ether oxygens (including phenoxy) is 1. The lowest BCUT2D eigenvalue weighted by Crippen LogP contribution is -2.28. The molecule has 82 valence electrons. The number of benzene rings is 1. The minimum absolute atomic E-state index is 0.0360. The summed E-state index contributed by atoms with van der Waals surface area (Å²) in [7, 11) is 0. The third-order valence-electron chi connectivity index (χ3n) is 3.31. The fourth-order valence-corrected chi connectivity index (χ4v) is 2.17. The molecule has 15 heavy (non-hydrogen) atoms. The first-order valence-corrected chi connectivity index (χ1v) is 5.45. The van der Waals surface area contributed by atoms with E-state index < -0.39 is 0 Å². The highest BCUT2D eigenvalue weighted by molar-refractivity contribution is 6.30. The Labute approximate surface area is 94.8 Å². The van der Waals surface area contributed by atoms with Gasteiger partial charge in [0.25, 0.3) is 0 Å². The molecule has 0 aliphatic carbocycles. The van der Waals surface area contributed by atoms with Crippen LogP contribution >= 0.6 is 11.6 Å². The van der Waals surface area contributed by atoms with E-state index >= 15 is 0 Å². The highest BCUT2D eigenvalue weighted by Crippen LogP contribution is 2.45. The lowest BCUT2D eigenvalue weighted by atomic mass is 9.81. The number of hydrogen-bond acceptors (Lipinski definition) is 2. The maximum Gasteiger partial charge on any atom is 0.129 e. The van der Waals surface area contributed by atoms with E-state index in [1.54, 1.807) is 6.07 Å². The third kappa shape index (κ3) is 1.52. The molecule has 0 saturated heterocycles. The molecule has 2 rings (SSSR count). The predicted molar refractivity (Wildman–Crippen MR) is 60.5 cm³/mol. The van der Waals surface area contributed by atoms with Crippen molar-refractivity contribution in [3.8, 4) is 5.75 Å². The molecule has 0 aromatic heterocycles. The quantitative estimate of drug-likeness (QED) is 0.798. The van der Waals surface area contributed by atoms with Crippen molar-refractivity contribution in [1.29, 1.82) is 0 Å². The highest BCUT2D eigenvalue weighted by atomic mass is 35.5. The van der Waals surface area contributed by atoms with Gasteiger partial charge >= 0.3 is 0 Å². The Morgan fingerprint density at radius 3 is 2.73 bits per heavy atom. The van der Waals surface area contributed by atoms with Crippen molar-refractivity contribution in [2.75, 3.05) is 0 Å². The first-order valence-electron chi connectivity index (χ1n) is 5.07. The van der Waals surface area contributed by atoms with Gasteiger partial charge in [-0.15, -0.1) is 0 Å². The van der Waals surface area contributed by atoms with E-state index in [4.69, 9.17) is 16.3 Å². The van der Waals surface area contributed by atoms with Crippen LogP contribution < -0.4 is 4.74 Å². The molecule has 1 aliphatic heterocycles. The van der Waals surface area contributed by atoms with E-state index in [0.29, 0.717) is 5.02 Å². The van der Waals surface area contributed by atoms with Crippen molar-refractivity contribution in [3.63, 3.8) is 0 Å². The second-order valence-corrected chi connectivity index (χ2v) is 5.02. The fourth-order valence-electron chi connectivity index (χ4n) is 1.93. The molecule has 1 aromatic rings. The standard InChI is InChI=1S/C12H15ClO2/c1-7-12(2,3)10-5-9(13)4-8(6-14)11(10)15-7/h4-5,7,14H,6H2,1-3H3. The number of fused-ring (bicyclic) bond motifs is 1. The Bertz CT molecular complexity index is 399. The summed E-state index contributed by atoms with van der Waals surface area (Å²) in [4.78, 5) is 0. The highest BCUT2D eigenvalue weighted by Gasteiger charge is 2.39. The molecular weight excluding hydrogens is 212 g/mol. The number of hydrogen-bond donors (Lipinski definition) is 1. The van der Waals surface area contributed by atoms with Crippen LogP contribution in [0.1, 0.15) is 31.9 Å². The minimum Gasteiger partial charge on any atom is -0.489 e. The average Bonchev–Trinajstić information content (AvgIpc) is 2.39. The van der Waals surface area contributed by atoms with Gasteiger partial charge in [0.15, 0.2) is 0 Å². The van der Waals surface area contributed by atoms with Gasteiger partial charge in [0, 0.05) is 21.6 Å². The van der Waals surface area contributed by atoms with E-state index in [1.165, 1.54) is 0 Å². The van der Waals surface area contributed by atoms with Crippen LogP contribution in [0.5, 0.6) is 5.75 Å². The van der Waals surface area contributed by atoms with E-state index in [9.17, 15) is 5.11 Å². The molecule has 0 radical (unpaired) electrons. The van der Waals surface area contributed by atoms with Crippen LogP contribution in [0.15, 0.2) is 12.1 Å². The summed E-state index contributed by atoms with van der Waals surface area (Å²) in [5, 5.41) is 9.90. The zero-order valence-corrected chi connectivity index (χ0v) is 9.93. The second-order valence-electron chi connectivity index (χ2n) is 4.58. The maximum absolute atomic E-state index is 9.24. The van der Waals surface area contributed by atoms with Gasteiger partial charge in [-0.3, -0.25) is 0 Å². The monoisotopic (exact) mass is 226 g/mol. The minimum atomic E-state index is -0.0514. The molecule has 1 aliphatic rings. The van der Waals surface area contributed by atoms with Crippen LogP contribution in [0.3, 0.4) is 0 Å². The summed E-state index contributed by atoms with van der Waals surface area (Å²) in [6.07, 6.45) is 0.108. The topological polar surface area (TPSA) is 29.5 Å². The average molecular weight is 227 g/mol. The van der Waals surface area contributed by atoms with Gasteiger partial charge < -0.3 is 9.84 Å². The fraction of sp³-hybridized carbons (Fsp3) is 0.500. The molecule has 0 fully saturated rings. The van der Waals surface area contributed by atoms with Gasteiger partial charge in [-0.05, 0) is 19.1 Å². The number of aliphatic hydroxyl groups is 1. The lowest BCUT2D eigenvalue weighted by Gasteiger charge is -2.22. The molecule has 1 aromatic carbocycles. The van der Waals surface area contributed by atoms with Gasteiger partial charge in [-0.25, -0.2) is 0 Å². The summed E-state index contributed by atoms with van der Waals surface area (Å²) >= 11 is 6.02. The predicted octanol–water partition coefficient (Wildman–Crippen LogP) is 2.89. The summed E-state index contributed by atoms with van der Waals surface area (Å²) in [5.74, 6) is 0.805. The van der Waals surface area contributed by atoms with Crippen LogP contribution in [0, 0.1) is 0 Å². The van der Waals surface area contributed by atoms with Crippen molar-refractivity contribution in [3.05, 3.63) is 28.3 Å². The Morgan fingerprint density at radius 1 is 1.47 bits per heavy atom. The smallest absolute Gasteiger partial charge is 0.129 e. The molecule has 1 heterocycles. The Balaban J connectivity index is 2.63. The lowest BCUT2D eigenvalue weighted by molar-refractivity contribution is 0.180.